The molecule has 4 rings (SSSR count). The van der Waals surface area contributed by atoms with Gasteiger partial charge in [0.25, 0.3) is 0 Å². The van der Waals surface area contributed by atoms with E-state index in [1.807, 2.05) is 6.20 Å². The second kappa shape index (κ2) is 6.31. The maximum absolute atomic E-state index is 12.0. The van der Waals surface area contributed by atoms with E-state index >= 15 is 0 Å². The molecule has 25 heavy (non-hydrogen) atoms. The number of aromatic amines is 2. The normalized spacial score (nSPS) is 19.5. The van der Waals surface area contributed by atoms with E-state index in [0.29, 0.717) is 4.90 Å². The highest BCUT2D eigenvalue weighted by Crippen LogP contribution is 2.31. The fourth-order valence-corrected chi connectivity index (χ4v) is 4.69. The van der Waals surface area contributed by atoms with Crippen LogP contribution < -0.4 is 0 Å². The summed E-state index contributed by atoms with van der Waals surface area (Å²) in [5.41, 5.74) is 3.21. The van der Waals surface area contributed by atoms with Crippen molar-refractivity contribution in [2.24, 2.45) is 0 Å². The Kier molecular flexibility index (Phi) is 4.13. The molecule has 0 radical (unpaired) electrons. The molecule has 7 heteroatoms. The lowest BCUT2D eigenvalue weighted by molar-refractivity contribution is 0.198. The molecule has 3 heterocycles. The first-order chi connectivity index (χ1) is 12.0. The topological polar surface area (TPSA) is 81.8 Å². The highest BCUT2D eigenvalue weighted by atomic mass is 32.2. The SMILES string of the molecule is CS(=O)(=O)c1cn[nH]c1[C@H]1CCCN(Cc2cccc3[nH]ccc23)C1. The Labute approximate surface area is 147 Å². The van der Waals surface area contributed by atoms with E-state index in [0.717, 1.165) is 43.7 Å². The lowest BCUT2D eigenvalue weighted by Gasteiger charge is -2.32. The minimum absolute atomic E-state index is 0.173. The summed E-state index contributed by atoms with van der Waals surface area (Å²) in [6.07, 6.45) is 6.68. The van der Waals surface area contributed by atoms with Crippen LogP contribution in [0.5, 0.6) is 0 Å². The zero-order valence-corrected chi connectivity index (χ0v) is 15.0. The van der Waals surface area contributed by atoms with Gasteiger partial charge in [-0.05, 0) is 37.1 Å². The molecule has 1 saturated heterocycles. The quantitative estimate of drug-likeness (QED) is 0.751. The lowest BCUT2D eigenvalue weighted by atomic mass is 9.94. The highest BCUT2D eigenvalue weighted by Gasteiger charge is 2.27. The molecule has 0 spiro atoms. The van der Waals surface area contributed by atoms with E-state index in [4.69, 9.17) is 0 Å². The molecule has 1 fully saturated rings. The first-order valence-corrected chi connectivity index (χ1v) is 10.4. The number of nitrogens with one attached hydrogen (secondary N) is 2. The van der Waals surface area contributed by atoms with Gasteiger partial charge in [0.1, 0.15) is 4.90 Å². The fraction of sp³-hybridized carbons (Fsp3) is 0.389. The number of aromatic nitrogens is 3. The molecule has 0 amide bonds. The van der Waals surface area contributed by atoms with Crippen LogP contribution in [0.2, 0.25) is 0 Å². The molecule has 1 aromatic carbocycles. The molecule has 1 aliphatic heterocycles. The van der Waals surface area contributed by atoms with Crippen molar-refractivity contribution in [3.05, 3.63) is 47.9 Å². The number of piperidine rings is 1. The Bertz CT molecular complexity index is 989. The molecule has 3 aromatic rings. The summed E-state index contributed by atoms with van der Waals surface area (Å²) in [6, 6.07) is 8.44. The van der Waals surface area contributed by atoms with Gasteiger partial charge < -0.3 is 4.98 Å². The number of benzene rings is 1. The van der Waals surface area contributed by atoms with Gasteiger partial charge in [-0.25, -0.2) is 8.42 Å². The molecular formula is C18H22N4O2S. The second-order valence-electron chi connectivity index (χ2n) is 6.85. The molecule has 0 saturated carbocycles. The van der Waals surface area contributed by atoms with Crippen molar-refractivity contribution in [2.45, 2.75) is 30.2 Å². The fourth-order valence-electron chi connectivity index (χ4n) is 3.84. The Balaban J connectivity index is 1.56. The Morgan fingerprint density at radius 1 is 1.32 bits per heavy atom. The molecule has 0 bridgehead atoms. The van der Waals surface area contributed by atoms with E-state index in [1.165, 1.54) is 23.4 Å². The van der Waals surface area contributed by atoms with Crippen LogP contribution in [0.1, 0.15) is 30.0 Å². The van der Waals surface area contributed by atoms with Gasteiger partial charge in [0, 0.05) is 42.4 Å². The molecule has 6 nitrogen and oxygen atoms in total. The van der Waals surface area contributed by atoms with Crippen LogP contribution in [0.3, 0.4) is 0 Å². The molecule has 1 atom stereocenters. The van der Waals surface area contributed by atoms with Gasteiger partial charge in [-0.2, -0.15) is 5.10 Å². The maximum Gasteiger partial charge on any atom is 0.178 e. The van der Waals surface area contributed by atoms with Crippen LogP contribution in [-0.4, -0.2) is 47.8 Å². The van der Waals surface area contributed by atoms with Crippen molar-refractivity contribution >= 4 is 20.7 Å². The zero-order valence-electron chi connectivity index (χ0n) is 14.2. The summed E-state index contributed by atoms with van der Waals surface area (Å²) < 4.78 is 23.9. The van der Waals surface area contributed by atoms with Crippen molar-refractivity contribution in [2.75, 3.05) is 19.3 Å². The number of nitrogens with zero attached hydrogens (tertiary/aromatic N) is 2. The number of hydrogen-bond donors (Lipinski definition) is 2. The Morgan fingerprint density at radius 3 is 3.04 bits per heavy atom. The summed E-state index contributed by atoms with van der Waals surface area (Å²) in [5, 5.41) is 8.16. The van der Waals surface area contributed by atoms with Crippen molar-refractivity contribution in [3.63, 3.8) is 0 Å². The van der Waals surface area contributed by atoms with Gasteiger partial charge in [-0.15, -0.1) is 0 Å². The van der Waals surface area contributed by atoms with E-state index in [-0.39, 0.29) is 5.92 Å². The van der Waals surface area contributed by atoms with Crippen LogP contribution in [0, 0.1) is 0 Å². The van der Waals surface area contributed by atoms with E-state index in [9.17, 15) is 8.42 Å². The minimum Gasteiger partial charge on any atom is -0.361 e. The Hall–Kier alpha value is -2.12. The Morgan fingerprint density at radius 2 is 2.20 bits per heavy atom. The third-order valence-corrected chi connectivity index (χ3v) is 6.15. The number of H-pyrrole nitrogens is 2. The summed E-state index contributed by atoms with van der Waals surface area (Å²) in [5.74, 6) is 0.173. The monoisotopic (exact) mass is 358 g/mol. The van der Waals surface area contributed by atoms with E-state index in [2.05, 4.69) is 44.3 Å². The molecule has 0 aliphatic carbocycles. The smallest absolute Gasteiger partial charge is 0.178 e. The molecule has 2 N–H and O–H groups in total. The van der Waals surface area contributed by atoms with Gasteiger partial charge in [-0.3, -0.25) is 10.00 Å². The van der Waals surface area contributed by atoms with Crippen LogP contribution in [-0.2, 0) is 16.4 Å². The van der Waals surface area contributed by atoms with Crippen molar-refractivity contribution in [1.29, 1.82) is 0 Å². The van der Waals surface area contributed by atoms with Crippen LogP contribution >= 0.6 is 0 Å². The number of rotatable bonds is 4. The maximum atomic E-state index is 12.0. The molecular weight excluding hydrogens is 336 g/mol. The summed E-state index contributed by atoms with van der Waals surface area (Å²) >= 11 is 0. The number of hydrogen-bond acceptors (Lipinski definition) is 4. The van der Waals surface area contributed by atoms with Crippen molar-refractivity contribution in [3.8, 4) is 0 Å². The van der Waals surface area contributed by atoms with Crippen molar-refractivity contribution < 1.29 is 8.42 Å². The predicted octanol–water partition coefficient (Wildman–Crippen LogP) is 2.67. The first kappa shape index (κ1) is 16.4. The number of sulfone groups is 1. The van der Waals surface area contributed by atoms with Gasteiger partial charge in [0.2, 0.25) is 0 Å². The molecule has 2 aromatic heterocycles. The summed E-state index contributed by atoms with van der Waals surface area (Å²) in [6.45, 7) is 2.74. The zero-order chi connectivity index (χ0) is 17.4. The number of likely N-dealkylation sites (tertiary alicyclic amines) is 1. The molecule has 1 aliphatic rings. The number of fused-ring (bicyclic) bond motifs is 1. The van der Waals surface area contributed by atoms with Gasteiger partial charge in [0.15, 0.2) is 9.84 Å². The van der Waals surface area contributed by atoms with Crippen LogP contribution in [0.15, 0.2) is 41.6 Å². The van der Waals surface area contributed by atoms with Gasteiger partial charge >= 0.3 is 0 Å². The average Bonchev–Trinajstić information content (AvgIpc) is 3.24. The summed E-state index contributed by atoms with van der Waals surface area (Å²) in [4.78, 5) is 6.00. The third kappa shape index (κ3) is 3.21. The van der Waals surface area contributed by atoms with E-state index in [1.54, 1.807) is 0 Å². The van der Waals surface area contributed by atoms with Gasteiger partial charge in [0.05, 0.1) is 11.9 Å². The lowest BCUT2D eigenvalue weighted by Crippen LogP contribution is -2.34. The standard InChI is InChI=1S/C18H22N4O2S/c1-25(23,24)17-10-20-21-18(17)14-5-3-9-22(12-14)11-13-4-2-6-16-15(13)7-8-19-16/h2,4,6-8,10,14,19H,3,5,9,11-12H2,1H3,(H,20,21)/t14-/m0/s1. The van der Waals surface area contributed by atoms with E-state index < -0.39 is 9.84 Å². The predicted molar refractivity (Wildman–Crippen MR) is 97.2 cm³/mol. The first-order valence-electron chi connectivity index (χ1n) is 8.53. The van der Waals surface area contributed by atoms with Crippen molar-refractivity contribution in [1.82, 2.24) is 20.1 Å². The molecule has 132 valence electrons. The van der Waals surface area contributed by atoms with Gasteiger partial charge in [-0.1, -0.05) is 12.1 Å². The average molecular weight is 358 g/mol. The van der Waals surface area contributed by atoms with Crippen LogP contribution in [0.4, 0.5) is 0 Å². The summed E-state index contributed by atoms with van der Waals surface area (Å²) in [7, 11) is -3.25. The molecule has 0 unspecified atom stereocenters. The highest BCUT2D eigenvalue weighted by molar-refractivity contribution is 7.90. The second-order valence-corrected chi connectivity index (χ2v) is 8.83. The van der Waals surface area contributed by atoms with Crippen LogP contribution in [0.25, 0.3) is 10.9 Å². The largest absolute Gasteiger partial charge is 0.361 e. The minimum atomic E-state index is -3.25. The third-order valence-electron chi connectivity index (χ3n) is 5.02.